The van der Waals surface area contributed by atoms with E-state index >= 15 is 0 Å². The standard InChI is InChI=1S/C22H19FN6O/c1-27-21(11-19(25-27)16-7-9-17(23)10-8-16)22(30)28-12-18(13-28)29-14-20(24-26-29)15-5-3-2-4-6-15/h2-11,14,18H,12-13H2,1H3. The van der Waals surface area contributed by atoms with Crippen molar-refractivity contribution in [3.63, 3.8) is 0 Å². The molecule has 2 aromatic carbocycles. The third-order valence-corrected chi connectivity index (χ3v) is 5.34. The van der Waals surface area contributed by atoms with Crippen molar-refractivity contribution < 1.29 is 9.18 Å². The first-order valence-electron chi connectivity index (χ1n) is 9.65. The zero-order chi connectivity index (χ0) is 20.7. The van der Waals surface area contributed by atoms with Crippen molar-refractivity contribution in [1.29, 1.82) is 0 Å². The maximum Gasteiger partial charge on any atom is 0.272 e. The molecule has 150 valence electrons. The van der Waals surface area contributed by atoms with Crippen LogP contribution < -0.4 is 0 Å². The van der Waals surface area contributed by atoms with Crippen LogP contribution in [0.25, 0.3) is 22.5 Å². The molecule has 0 N–H and O–H groups in total. The van der Waals surface area contributed by atoms with Crippen molar-refractivity contribution in [1.82, 2.24) is 29.7 Å². The molecular formula is C22H19FN6O. The van der Waals surface area contributed by atoms with Gasteiger partial charge in [-0.2, -0.15) is 5.10 Å². The Kier molecular flexibility index (Phi) is 4.39. The summed E-state index contributed by atoms with van der Waals surface area (Å²) in [6.07, 6.45) is 1.92. The summed E-state index contributed by atoms with van der Waals surface area (Å²) in [6.45, 7) is 1.13. The molecule has 4 aromatic rings. The summed E-state index contributed by atoms with van der Waals surface area (Å²) in [6, 6.07) is 17.8. The maximum absolute atomic E-state index is 13.2. The van der Waals surface area contributed by atoms with Gasteiger partial charge in [-0.1, -0.05) is 35.5 Å². The highest BCUT2D eigenvalue weighted by atomic mass is 19.1. The molecule has 0 bridgehead atoms. The molecule has 2 aromatic heterocycles. The molecule has 1 saturated heterocycles. The van der Waals surface area contributed by atoms with E-state index in [1.807, 2.05) is 41.2 Å². The van der Waals surface area contributed by atoms with Gasteiger partial charge in [0.2, 0.25) is 0 Å². The fourth-order valence-corrected chi connectivity index (χ4v) is 3.58. The van der Waals surface area contributed by atoms with Crippen LogP contribution in [0.15, 0.2) is 66.9 Å². The van der Waals surface area contributed by atoms with Gasteiger partial charge in [-0.05, 0) is 30.3 Å². The van der Waals surface area contributed by atoms with Gasteiger partial charge in [0.1, 0.15) is 17.2 Å². The molecular weight excluding hydrogens is 383 g/mol. The lowest BCUT2D eigenvalue weighted by atomic mass is 10.1. The van der Waals surface area contributed by atoms with E-state index in [0.29, 0.717) is 24.5 Å². The number of aromatic nitrogens is 5. The highest BCUT2D eigenvalue weighted by Gasteiger charge is 2.34. The predicted octanol–water partition coefficient (Wildman–Crippen LogP) is 3.18. The average Bonchev–Trinajstić information content (AvgIpc) is 3.35. The van der Waals surface area contributed by atoms with Gasteiger partial charge >= 0.3 is 0 Å². The van der Waals surface area contributed by atoms with Gasteiger partial charge in [0.05, 0.1) is 17.9 Å². The van der Waals surface area contributed by atoms with Crippen molar-refractivity contribution >= 4 is 5.91 Å². The zero-order valence-electron chi connectivity index (χ0n) is 16.3. The Bertz CT molecular complexity index is 1190. The Balaban J connectivity index is 1.27. The Hall–Kier alpha value is -3.81. The van der Waals surface area contributed by atoms with Crippen LogP contribution in [0.3, 0.4) is 0 Å². The quantitative estimate of drug-likeness (QED) is 0.526. The van der Waals surface area contributed by atoms with E-state index in [4.69, 9.17) is 0 Å². The van der Waals surface area contributed by atoms with E-state index in [1.54, 1.807) is 34.8 Å². The lowest BCUT2D eigenvalue weighted by molar-refractivity contribution is 0.0487. The summed E-state index contributed by atoms with van der Waals surface area (Å²) in [7, 11) is 1.74. The summed E-state index contributed by atoms with van der Waals surface area (Å²) in [5, 5.41) is 12.9. The van der Waals surface area contributed by atoms with Gasteiger partial charge in [-0.15, -0.1) is 5.10 Å². The van der Waals surface area contributed by atoms with Crippen LogP contribution in [-0.2, 0) is 7.05 Å². The largest absolute Gasteiger partial charge is 0.333 e. The van der Waals surface area contributed by atoms with Gasteiger partial charge < -0.3 is 4.90 Å². The second kappa shape index (κ2) is 7.22. The van der Waals surface area contributed by atoms with Crippen LogP contribution in [0.1, 0.15) is 16.5 Å². The minimum atomic E-state index is -0.305. The smallest absolute Gasteiger partial charge is 0.272 e. The van der Waals surface area contributed by atoms with Crippen LogP contribution in [-0.4, -0.2) is 48.7 Å². The first-order chi connectivity index (χ1) is 14.6. The van der Waals surface area contributed by atoms with Crippen molar-refractivity contribution in [2.75, 3.05) is 13.1 Å². The minimum Gasteiger partial charge on any atom is -0.333 e. The third-order valence-electron chi connectivity index (χ3n) is 5.34. The Morgan fingerprint density at radius 1 is 1.00 bits per heavy atom. The van der Waals surface area contributed by atoms with E-state index in [1.165, 1.54) is 12.1 Å². The number of carbonyl (C=O) groups excluding carboxylic acids is 1. The van der Waals surface area contributed by atoms with E-state index in [-0.39, 0.29) is 17.8 Å². The molecule has 1 aliphatic rings. The number of hydrogen-bond acceptors (Lipinski definition) is 4. The summed E-state index contributed by atoms with van der Waals surface area (Å²) in [5.74, 6) is -0.390. The molecule has 5 rings (SSSR count). The summed E-state index contributed by atoms with van der Waals surface area (Å²) >= 11 is 0. The molecule has 30 heavy (non-hydrogen) atoms. The fraction of sp³-hybridized carbons (Fsp3) is 0.182. The van der Waals surface area contributed by atoms with Crippen LogP contribution >= 0.6 is 0 Å². The van der Waals surface area contributed by atoms with Gasteiger partial charge in [-0.25, -0.2) is 9.07 Å². The van der Waals surface area contributed by atoms with Gasteiger partial charge in [0.25, 0.3) is 5.91 Å². The molecule has 3 heterocycles. The van der Waals surface area contributed by atoms with E-state index in [0.717, 1.165) is 16.8 Å². The minimum absolute atomic E-state index is 0.0852. The monoisotopic (exact) mass is 402 g/mol. The van der Waals surface area contributed by atoms with E-state index < -0.39 is 0 Å². The molecule has 0 saturated carbocycles. The summed E-state index contributed by atoms with van der Waals surface area (Å²) in [4.78, 5) is 14.7. The number of hydrogen-bond donors (Lipinski definition) is 0. The molecule has 0 atom stereocenters. The summed E-state index contributed by atoms with van der Waals surface area (Å²) < 4.78 is 16.5. The molecule has 0 unspecified atom stereocenters. The van der Waals surface area contributed by atoms with Crippen molar-refractivity contribution in [2.24, 2.45) is 7.05 Å². The lowest BCUT2D eigenvalue weighted by Crippen LogP contribution is -2.51. The molecule has 1 aliphatic heterocycles. The molecule has 1 amide bonds. The zero-order valence-corrected chi connectivity index (χ0v) is 16.3. The first-order valence-corrected chi connectivity index (χ1v) is 9.65. The van der Waals surface area contributed by atoms with Crippen LogP contribution in [0.2, 0.25) is 0 Å². The SMILES string of the molecule is Cn1nc(-c2ccc(F)cc2)cc1C(=O)N1CC(n2cc(-c3ccccc3)nn2)C1. The maximum atomic E-state index is 13.2. The van der Waals surface area contributed by atoms with Crippen LogP contribution in [0, 0.1) is 5.82 Å². The number of halogens is 1. The first kappa shape index (κ1) is 18.2. The summed E-state index contributed by atoms with van der Waals surface area (Å²) in [5.41, 5.74) is 3.73. The Labute approximate surface area is 172 Å². The number of carbonyl (C=O) groups is 1. The molecule has 0 radical (unpaired) electrons. The number of amides is 1. The van der Waals surface area contributed by atoms with E-state index in [2.05, 4.69) is 15.4 Å². The second-order valence-electron chi connectivity index (χ2n) is 7.36. The molecule has 8 heteroatoms. The normalized spacial score (nSPS) is 14.0. The van der Waals surface area contributed by atoms with E-state index in [9.17, 15) is 9.18 Å². The fourth-order valence-electron chi connectivity index (χ4n) is 3.58. The highest BCUT2D eigenvalue weighted by Crippen LogP contribution is 2.26. The molecule has 0 spiro atoms. The number of likely N-dealkylation sites (tertiary alicyclic amines) is 1. The van der Waals surface area contributed by atoms with Crippen molar-refractivity contribution in [2.45, 2.75) is 6.04 Å². The van der Waals surface area contributed by atoms with Gasteiger partial charge in [0.15, 0.2) is 0 Å². The molecule has 1 fully saturated rings. The number of nitrogens with zero attached hydrogens (tertiary/aromatic N) is 6. The Morgan fingerprint density at radius 3 is 2.43 bits per heavy atom. The number of aryl methyl sites for hydroxylation is 1. The topological polar surface area (TPSA) is 68.8 Å². The molecule has 0 aliphatic carbocycles. The lowest BCUT2D eigenvalue weighted by Gasteiger charge is -2.38. The van der Waals surface area contributed by atoms with Crippen molar-refractivity contribution in [3.05, 3.63) is 78.4 Å². The van der Waals surface area contributed by atoms with Crippen LogP contribution in [0.5, 0.6) is 0 Å². The van der Waals surface area contributed by atoms with Gasteiger partial charge in [0, 0.05) is 31.3 Å². The number of benzene rings is 2. The van der Waals surface area contributed by atoms with Gasteiger partial charge in [-0.3, -0.25) is 9.48 Å². The molecule has 7 nitrogen and oxygen atoms in total. The average molecular weight is 402 g/mol. The second-order valence-corrected chi connectivity index (χ2v) is 7.36. The Morgan fingerprint density at radius 2 is 1.70 bits per heavy atom. The number of rotatable bonds is 4. The highest BCUT2D eigenvalue weighted by molar-refractivity contribution is 5.94. The predicted molar refractivity (Wildman–Crippen MR) is 109 cm³/mol. The van der Waals surface area contributed by atoms with Crippen molar-refractivity contribution in [3.8, 4) is 22.5 Å². The third kappa shape index (κ3) is 3.26. The van der Waals surface area contributed by atoms with Crippen LogP contribution in [0.4, 0.5) is 4.39 Å².